The van der Waals surface area contributed by atoms with Crippen molar-refractivity contribution in [1.82, 2.24) is 9.80 Å². The van der Waals surface area contributed by atoms with Gasteiger partial charge in [-0.3, -0.25) is 4.79 Å². The molecule has 2 heterocycles. The molecule has 0 bridgehead atoms. The highest BCUT2D eigenvalue weighted by molar-refractivity contribution is 9.10. The van der Waals surface area contributed by atoms with Gasteiger partial charge in [-0.25, -0.2) is 4.79 Å². The van der Waals surface area contributed by atoms with Gasteiger partial charge in [-0.15, -0.1) is 11.3 Å². The fraction of sp³-hybridized carbons (Fsp3) is 0.667. The van der Waals surface area contributed by atoms with Gasteiger partial charge in [0.05, 0.1) is 6.54 Å². The molecule has 1 saturated heterocycles. The lowest BCUT2D eigenvalue weighted by Gasteiger charge is -2.33. The maximum Gasteiger partial charge on any atom is 0.410 e. The first-order valence-corrected chi connectivity index (χ1v) is 10.3. The van der Waals surface area contributed by atoms with Crippen LogP contribution in [0.1, 0.15) is 44.9 Å². The van der Waals surface area contributed by atoms with Gasteiger partial charge in [0.2, 0.25) is 5.91 Å². The molecule has 0 N–H and O–H groups in total. The fourth-order valence-electron chi connectivity index (χ4n) is 2.81. The highest BCUT2D eigenvalue weighted by atomic mass is 79.9. The van der Waals surface area contributed by atoms with Crippen LogP contribution < -0.4 is 0 Å². The SMILES string of the molecule is CN(Cc1cc(Br)cs1)C(=O)CC1CCN(C(=O)OC(C)(C)C)CC1. The maximum atomic E-state index is 12.4. The van der Waals surface area contributed by atoms with Crippen LogP contribution in [0.3, 0.4) is 0 Å². The van der Waals surface area contributed by atoms with Crippen molar-refractivity contribution < 1.29 is 14.3 Å². The van der Waals surface area contributed by atoms with Crippen LogP contribution >= 0.6 is 27.3 Å². The first-order valence-electron chi connectivity index (χ1n) is 8.59. The Hall–Kier alpha value is -1.08. The van der Waals surface area contributed by atoms with Gasteiger partial charge in [-0.2, -0.15) is 0 Å². The predicted molar refractivity (Wildman–Crippen MR) is 104 cm³/mol. The minimum Gasteiger partial charge on any atom is -0.444 e. The van der Waals surface area contributed by atoms with E-state index in [1.165, 1.54) is 4.88 Å². The lowest BCUT2D eigenvalue weighted by molar-refractivity contribution is -0.131. The van der Waals surface area contributed by atoms with Crippen LogP contribution in [-0.2, 0) is 16.1 Å². The summed E-state index contributed by atoms with van der Waals surface area (Å²) in [5.41, 5.74) is -0.469. The largest absolute Gasteiger partial charge is 0.444 e. The molecule has 0 spiro atoms. The Morgan fingerprint density at radius 3 is 2.52 bits per heavy atom. The van der Waals surface area contributed by atoms with Crippen LogP contribution in [0.2, 0.25) is 0 Å². The highest BCUT2D eigenvalue weighted by Crippen LogP contribution is 2.24. The van der Waals surface area contributed by atoms with E-state index in [2.05, 4.69) is 15.9 Å². The van der Waals surface area contributed by atoms with E-state index in [0.29, 0.717) is 32.0 Å². The Morgan fingerprint density at radius 2 is 2.00 bits per heavy atom. The zero-order chi connectivity index (χ0) is 18.6. The smallest absolute Gasteiger partial charge is 0.410 e. The van der Waals surface area contributed by atoms with Gasteiger partial charge in [0.25, 0.3) is 0 Å². The number of ether oxygens (including phenoxy) is 1. The molecule has 5 nitrogen and oxygen atoms in total. The van der Waals surface area contributed by atoms with E-state index in [0.717, 1.165) is 17.3 Å². The third-order valence-corrected chi connectivity index (χ3v) is 5.85. The fourth-order valence-corrected chi connectivity index (χ4v) is 4.31. The number of amides is 2. The standard InChI is InChI=1S/C18H27BrN2O3S/c1-18(2,3)24-17(23)21-7-5-13(6-8-21)9-16(22)20(4)11-15-10-14(19)12-25-15/h10,12-13H,5-9,11H2,1-4H3. The van der Waals surface area contributed by atoms with Gasteiger partial charge in [0.1, 0.15) is 5.60 Å². The molecule has 1 aromatic rings. The topological polar surface area (TPSA) is 49.9 Å². The molecule has 2 amide bonds. The van der Waals surface area contributed by atoms with Crippen LogP contribution in [-0.4, -0.2) is 47.5 Å². The van der Waals surface area contributed by atoms with Gasteiger partial charge < -0.3 is 14.5 Å². The number of halogens is 1. The zero-order valence-corrected chi connectivity index (χ0v) is 17.8. The molecule has 0 atom stereocenters. The molecular formula is C18H27BrN2O3S. The third kappa shape index (κ3) is 6.62. The van der Waals surface area contributed by atoms with Crippen LogP contribution in [0, 0.1) is 5.92 Å². The van der Waals surface area contributed by atoms with E-state index in [-0.39, 0.29) is 12.0 Å². The average molecular weight is 431 g/mol. The molecule has 1 aliphatic rings. The second kappa shape index (κ2) is 8.54. The zero-order valence-electron chi connectivity index (χ0n) is 15.4. The van der Waals surface area contributed by atoms with Crippen molar-refractivity contribution in [3.05, 3.63) is 20.8 Å². The van der Waals surface area contributed by atoms with Gasteiger partial charge in [0.15, 0.2) is 0 Å². The quantitative estimate of drug-likeness (QED) is 0.705. The summed E-state index contributed by atoms with van der Waals surface area (Å²) in [5.74, 6) is 0.504. The molecule has 0 aromatic carbocycles. The van der Waals surface area contributed by atoms with Crippen LogP contribution in [0.25, 0.3) is 0 Å². The number of nitrogens with zero attached hydrogens (tertiary/aromatic N) is 2. The molecule has 25 heavy (non-hydrogen) atoms. The summed E-state index contributed by atoms with van der Waals surface area (Å²) < 4.78 is 6.47. The Balaban J connectivity index is 1.75. The summed E-state index contributed by atoms with van der Waals surface area (Å²) in [6.07, 6.45) is 2.00. The lowest BCUT2D eigenvalue weighted by Crippen LogP contribution is -2.42. The van der Waals surface area contributed by atoms with Crippen molar-refractivity contribution in [1.29, 1.82) is 0 Å². The highest BCUT2D eigenvalue weighted by Gasteiger charge is 2.28. The van der Waals surface area contributed by atoms with E-state index >= 15 is 0 Å². The minimum absolute atomic E-state index is 0.167. The molecule has 0 aliphatic carbocycles. The summed E-state index contributed by atoms with van der Waals surface area (Å²) in [5, 5.41) is 2.03. The Labute approximate surface area is 162 Å². The first-order chi connectivity index (χ1) is 11.6. The monoisotopic (exact) mass is 430 g/mol. The van der Waals surface area contributed by atoms with Crippen LogP contribution in [0.15, 0.2) is 15.9 Å². The second-order valence-corrected chi connectivity index (χ2v) is 9.51. The lowest BCUT2D eigenvalue weighted by atomic mass is 9.93. The minimum atomic E-state index is -0.469. The molecule has 1 aromatic heterocycles. The van der Waals surface area contributed by atoms with Crippen molar-refractivity contribution in [2.24, 2.45) is 5.92 Å². The van der Waals surface area contributed by atoms with Gasteiger partial charge >= 0.3 is 6.09 Å². The van der Waals surface area contributed by atoms with Crippen LogP contribution in [0.5, 0.6) is 0 Å². The van der Waals surface area contributed by atoms with Gasteiger partial charge in [-0.05, 0) is 61.5 Å². The summed E-state index contributed by atoms with van der Waals surface area (Å²) in [6.45, 7) is 7.59. The molecule has 0 radical (unpaired) electrons. The van der Waals surface area contributed by atoms with Crippen molar-refractivity contribution >= 4 is 39.3 Å². The van der Waals surface area contributed by atoms with Gasteiger partial charge in [-0.1, -0.05) is 0 Å². The number of rotatable bonds is 4. The number of carbonyl (C=O) groups excluding carboxylic acids is 2. The second-order valence-electron chi connectivity index (χ2n) is 7.60. The van der Waals surface area contributed by atoms with Crippen molar-refractivity contribution in [2.75, 3.05) is 20.1 Å². The Bertz CT molecular complexity index is 604. The average Bonchev–Trinajstić information content (AvgIpc) is 2.91. The molecule has 2 rings (SSSR count). The number of thiophene rings is 1. The number of hydrogen-bond acceptors (Lipinski definition) is 4. The predicted octanol–water partition coefficient (Wildman–Crippen LogP) is 4.51. The van der Waals surface area contributed by atoms with E-state index in [9.17, 15) is 9.59 Å². The normalized spacial score (nSPS) is 16.0. The van der Waals surface area contributed by atoms with E-state index < -0.39 is 5.60 Å². The van der Waals surface area contributed by atoms with E-state index in [4.69, 9.17) is 4.74 Å². The van der Waals surface area contributed by atoms with E-state index in [1.807, 2.05) is 39.3 Å². The Morgan fingerprint density at radius 1 is 1.36 bits per heavy atom. The molecule has 7 heteroatoms. The summed E-state index contributed by atoms with van der Waals surface area (Å²) in [6, 6.07) is 2.05. The number of piperidine rings is 1. The summed E-state index contributed by atoms with van der Waals surface area (Å²) >= 11 is 5.09. The molecule has 0 unspecified atom stereocenters. The van der Waals surface area contributed by atoms with Crippen LogP contribution in [0.4, 0.5) is 4.79 Å². The molecule has 0 saturated carbocycles. The van der Waals surface area contributed by atoms with Gasteiger partial charge in [0, 0.05) is 41.3 Å². The van der Waals surface area contributed by atoms with Crippen molar-refractivity contribution in [3.63, 3.8) is 0 Å². The third-order valence-electron chi connectivity index (χ3n) is 4.17. The maximum absolute atomic E-state index is 12.4. The molecule has 1 fully saturated rings. The molecule has 140 valence electrons. The number of likely N-dealkylation sites (tertiary alicyclic amines) is 1. The number of carbonyl (C=O) groups is 2. The van der Waals surface area contributed by atoms with Crippen molar-refractivity contribution in [2.45, 2.75) is 52.2 Å². The first kappa shape index (κ1) is 20.2. The molecular weight excluding hydrogens is 404 g/mol. The van der Waals surface area contributed by atoms with E-state index in [1.54, 1.807) is 21.1 Å². The molecule has 1 aliphatic heterocycles. The summed E-state index contributed by atoms with van der Waals surface area (Å²) in [7, 11) is 1.85. The van der Waals surface area contributed by atoms with Crippen molar-refractivity contribution in [3.8, 4) is 0 Å². The number of hydrogen-bond donors (Lipinski definition) is 0. The Kier molecular flexibility index (Phi) is 6.91. The summed E-state index contributed by atoms with van der Waals surface area (Å²) in [4.78, 5) is 29.2.